The normalized spacial score (nSPS) is 12.7. The van der Waals surface area contributed by atoms with Gasteiger partial charge in [0.15, 0.2) is 0 Å². The zero-order valence-electron chi connectivity index (χ0n) is 24.3. The zero-order chi connectivity index (χ0) is 29.8. The molecule has 2 atom stereocenters. The second-order valence-electron chi connectivity index (χ2n) is 10.2. The summed E-state index contributed by atoms with van der Waals surface area (Å²) in [5.74, 6) is 0. The predicted octanol–water partition coefficient (Wildman–Crippen LogP) is 4.63. The monoisotopic (exact) mass is 572 g/mol. The van der Waals surface area contributed by atoms with Crippen LogP contribution in [0.3, 0.4) is 0 Å². The standard InChI is InChI=1S/C31H44N2O8/c1-5-18-36-21-27(38-19-25-12-8-6-9-13-25)22-37-23-28(39-20-26-14-10-7-11-15-26)24-40-29(34)32-16-17-33-30(35)41-31(2,3)4/h5-15,27-28H,1,16-24H2,2-4H3,(H,32,34)(H,33,35). The highest BCUT2D eigenvalue weighted by Gasteiger charge is 2.18. The Labute approximate surface area is 243 Å². The quantitative estimate of drug-likeness (QED) is 0.185. The van der Waals surface area contributed by atoms with E-state index in [2.05, 4.69) is 17.2 Å². The lowest BCUT2D eigenvalue weighted by Gasteiger charge is -2.22. The predicted molar refractivity (Wildman–Crippen MR) is 155 cm³/mol. The molecule has 0 heterocycles. The summed E-state index contributed by atoms with van der Waals surface area (Å²) in [7, 11) is 0. The molecule has 0 saturated heterocycles. The molecular formula is C31H44N2O8. The number of nitrogens with one attached hydrogen (secondary N) is 2. The third-order valence-electron chi connectivity index (χ3n) is 5.27. The molecular weight excluding hydrogens is 528 g/mol. The Balaban J connectivity index is 1.82. The second kappa shape index (κ2) is 19.6. The van der Waals surface area contributed by atoms with Gasteiger partial charge in [-0.2, -0.15) is 0 Å². The lowest BCUT2D eigenvalue weighted by molar-refractivity contribution is -0.0941. The van der Waals surface area contributed by atoms with Crippen molar-refractivity contribution < 1.29 is 38.0 Å². The van der Waals surface area contributed by atoms with Crippen LogP contribution in [0.2, 0.25) is 0 Å². The van der Waals surface area contributed by atoms with E-state index in [-0.39, 0.29) is 39.0 Å². The molecule has 2 rings (SSSR count). The summed E-state index contributed by atoms with van der Waals surface area (Å²) in [5, 5.41) is 5.16. The average Bonchev–Trinajstić information content (AvgIpc) is 2.95. The van der Waals surface area contributed by atoms with Crippen LogP contribution in [0, 0.1) is 0 Å². The maximum atomic E-state index is 12.2. The SMILES string of the molecule is C=CCOCC(COCC(COC(=O)NCCNC(=O)OC(C)(C)C)OCc1ccccc1)OCc1ccccc1. The van der Waals surface area contributed by atoms with E-state index in [1.165, 1.54) is 0 Å². The number of hydrogen-bond donors (Lipinski definition) is 2. The number of benzene rings is 2. The van der Waals surface area contributed by atoms with Gasteiger partial charge in [-0.3, -0.25) is 0 Å². The van der Waals surface area contributed by atoms with Crippen LogP contribution in [-0.2, 0) is 41.6 Å². The Morgan fingerprint density at radius 3 is 1.76 bits per heavy atom. The van der Waals surface area contributed by atoms with E-state index in [0.717, 1.165) is 11.1 Å². The van der Waals surface area contributed by atoms with E-state index < -0.39 is 23.9 Å². The van der Waals surface area contributed by atoms with Crippen molar-refractivity contribution >= 4 is 12.2 Å². The highest BCUT2D eigenvalue weighted by Crippen LogP contribution is 2.08. The molecule has 0 saturated carbocycles. The van der Waals surface area contributed by atoms with Crippen molar-refractivity contribution in [3.05, 3.63) is 84.4 Å². The minimum absolute atomic E-state index is 0.0271. The van der Waals surface area contributed by atoms with Gasteiger partial charge in [-0.05, 0) is 31.9 Å². The van der Waals surface area contributed by atoms with Crippen molar-refractivity contribution in [3.63, 3.8) is 0 Å². The molecule has 0 aliphatic rings. The molecule has 0 spiro atoms. The van der Waals surface area contributed by atoms with E-state index in [1.54, 1.807) is 26.8 Å². The van der Waals surface area contributed by atoms with Crippen molar-refractivity contribution in [1.82, 2.24) is 10.6 Å². The summed E-state index contributed by atoms with van der Waals surface area (Å²) in [4.78, 5) is 23.9. The Hall–Kier alpha value is -3.44. The summed E-state index contributed by atoms with van der Waals surface area (Å²) in [6.45, 7) is 11.3. The minimum atomic E-state index is -0.633. The van der Waals surface area contributed by atoms with Crippen molar-refractivity contribution in [2.75, 3.05) is 46.1 Å². The van der Waals surface area contributed by atoms with Crippen LogP contribution in [0.4, 0.5) is 9.59 Å². The van der Waals surface area contributed by atoms with Gasteiger partial charge >= 0.3 is 12.2 Å². The molecule has 0 aliphatic heterocycles. The Morgan fingerprint density at radius 1 is 0.756 bits per heavy atom. The first-order valence-electron chi connectivity index (χ1n) is 13.7. The molecule has 2 aromatic rings. The first-order valence-corrected chi connectivity index (χ1v) is 13.7. The van der Waals surface area contributed by atoms with Crippen LogP contribution in [0.1, 0.15) is 31.9 Å². The fourth-order valence-corrected chi connectivity index (χ4v) is 3.34. The molecule has 226 valence electrons. The summed E-state index contributed by atoms with van der Waals surface area (Å²) < 4.78 is 34.1. The second-order valence-corrected chi connectivity index (χ2v) is 10.2. The van der Waals surface area contributed by atoms with Crippen LogP contribution < -0.4 is 10.6 Å². The number of alkyl carbamates (subject to hydrolysis) is 2. The molecule has 41 heavy (non-hydrogen) atoms. The number of carbonyl (C=O) groups is 2. The number of carbonyl (C=O) groups excluding carboxylic acids is 2. The van der Waals surface area contributed by atoms with E-state index in [4.69, 9.17) is 28.4 Å². The summed E-state index contributed by atoms with van der Waals surface area (Å²) in [5.41, 5.74) is 1.43. The van der Waals surface area contributed by atoms with Crippen LogP contribution in [-0.4, -0.2) is 76.1 Å². The number of ether oxygens (including phenoxy) is 6. The number of rotatable bonds is 19. The summed E-state index contributed by atoms with van der Waals surface area (Å²) in [6.07, 6.45) is -0.346. The molecule has 2 aromatic carbocycles. The van der Waals surface area contributed by atoms with Crippen LogP contribution in [0.25, 0.3) is 0 Å². The molecule has 0 aromatic heterocycles. The van der Waals surface area contributed by atoms with Gasteiger partial charge in [-0.25, -0.2) is 9.59 Å². The third kappa shape index (κ3) is 17.1. The van der Waals surface area contributed by atoms with E-state index in [0.29, 0.717) is 26.4 Å². The zero-order valence-corrected chi connectivity index (χ0v) is 24.3. The van der Waals surface area contributed by atoms with Crippen molar-refractivity contribution in [1.29, 1.82) is 0 Å². The van der Waals surface area contributed by atoms with E-state index in [9.17, 15) is 9.59 Å². The van der Waals surface area contributed by atoms with Gasteiger partial charge < -0.3 is 39.1 Å². The van der Waals surface area contributed by atoms with Crippen molar-refractivity contribution in [2.45, 2.75) is 51.8 Å². The van der Waals surface area contributed by atoms with Gasteiger partial charge in [0, 0.05) is 13.1 Å². The molecule has 10 heteroatoms. The third-order valence-corrected chi connectivity index (χ3v) is 5.27. The first kappa shape index (κ1) is 33.8. The largest absolute Gasteiger partial charge is 0.447 e. The van der Waals surface area contributed by atoms with E-state index >= 15 is 0 Å². The molecule has 2 amide bonds. The minimum Gasteiger partial charge on any atom is -0.447 e. The smallest absolute Gasteiger partial charge is 0.407 e. The summed E-state index contributed by atoms with van der Waals surface area (Å²) in [6, 6.07) is 19.5. The lowest BCUT2D eigenvalue weighted by atomic mass is 10.2. The maximum Gasteiger partial charge on any atom is 0.407 e. The van der Waals surface area contributed by atoms with Crippen molar-refractivity contribution in [3.8, 4) is 0 Å². The van der Waals surface area contributed by atoms with E-state index in [1.807, 2.05) is 60.7 Å². The lowest BCUT2D eigenvalue weighted by Crippen LogP contribution is -2.39. The molecule has 2 unspecified atom stereocenters. The molecule has 10 nitrogen and oxygen atoms in total. The molecule has 0 aliphatic carbocycles. The number of hydrogen-bond acceptors (Lipinski definition) is 8. The highest BCUT2D eigenvalue weighted by molar-refractivity contribution is 5.68. The summed E-state index contributed by atoms with van der Waals surface area (Å²) >= 11 is 0. The first-order chi connectivity index (χ1) is 19.7. The van der Waals surface area contributed by atoms with Gasteiger partial charge in [-0.1, -0.05) is 66.7 Å². The van der Waals surface area contributed by atoms with Crippen LogP contribution in [0.5, 0.6) is 0 Å². The van der Waals surface area contributed by atoms with Gasteiger partial charge in [0.1, 0.15) is 24.4 Å². The molecule has 0 radical (unpaired) electrons. The topological polar surface area (TPSA) is 114 Å². The van der Waals surface area contributed by atoms with Crippen LogP contribution >= 0.6 is 0 Å². The fourth-order valence-electron chi connectivity index (χ4n) is 3.34. The Kier molecular flexibility index (Phi) is 16.1. The van der Waals surface area contributed by atoms with Gasteiger partial charge in [0.25, 0.3) is 0 Å². The van der Waals surface area contributed by atoms with Gasteiger partial charge in [0.2, 0.25) is 0 Å². The molecule has 0 fully saturated rings. The maximum absolute atomic E-state index is 12.2. The van der Waals surface area contributed by atoms with Crippen LogP contribution in [0.15, 0.2) is 73.3 Å². The average molecular weight is 573 g/mol. The Morgan fingerprint density at radius 2 is 1.24 bits per heavy atom. The fraction of sp³-hybridized carbons (Fsp3) is 0.484. The van der Waals surface area contributed by atoms with Gasteiger partial charge in [-0.15, -0.1) is 6.58 Å². The van der Waals surface area contributed by atoms with Crippen molar-refractivity contribution in [2.24, 2.45) is 0 Å². The molecule has 0 bridgehead atoms. The Bertz CT molecular complexity index is 998. The molecule has 2 N–H and O–H groups in total. The van der Waals surface area contributed by atoms with Gasteiger partial charge in [0.05, 0.1) is 39.6 Å². The number of amides is 2. The highest BCUT2D eigenvalue weighted by atomic mass is 16.6.